The number of carbonyl (C=O) groups excluding carboxylic acids is 3. The van der Waals surface area contributed by atoms with Crippen LogP contribution in [0.2, 0.25) is 0 Å². The van der Waals surface area contributed by atoms with Crippen molar-refractivity contribution in [2.24, 2.45) is 17.8 Å². The van der Waals surface area contributed by atoms with Crippen LogP contribution in [0.1, 0.15) is 78.6 Å². The number of unbranched alkanes of at least 4 members (excludes halogenated alkanes) is 5. The molecule has 214 valence electrons. The Morgan fingerprint density at radius 2 is 1.95 bits per heavy atom. The average Bonchev–Trinajstić information content (AvgIpc) is 3.40. The average molecular weight is 533 g/mol. The number of carbonyl (C=O) groups is 3. The zero-order valence-corrected chi connectivity index (χ0v) is 23.7. The lowest BCUT2D eigenvalue weighted by Gasteiger charge is -2.37. The fourth-order valence-electron chi connectivity index (χ4n) is 6.81. The lowest BCUT2D eigenvalue weighted by Crippen LogP contribution is -2.56. The molecule has 3 saturated heterocycles. The van der Waals surface area contributed by atoms with Gasteiger partial charge in [-0.25, -0.2) is 0 Å². The summed E-state index contributed by atoms with van der Waals surface area (Å²) < 4.78 is 12.5. The highest BCUT2D eigenvalue weighted by molar-refractivity contribution is 5.98. The van der Waals surface area contributed by atoms with Gasteiger partial charge in [0.1, 0.15) is 17.6 Å². The predicted octanol–water partition coefficient (Wildman–Crippen LogP) is 3.87. The molecule has 1 N–H and O–H groups in total. The van der Waals surface area contributed by atoms with E-state index >= 15 is 0 Å². The fourth-order valence-corrected chi connectivity index (χ4v) is 6.81. The van der Waals surface area contributed by atoms with Gasteiger partial charge in [-0.05, 0) is 64.2 Å². The number of hydrogen-bond donors (Lipinski definition) is 1. The molecule has 0 aromatic heterocycles. The van der Waals surface area contributed by atoms with E-state index < -0.39 is 35.0 Å². The second-order valence-corrected chi connectivity index (χ2v) is 11.4. The van der Waals surface area contributed by atoms with E-state index in [2.05, 4.69) is 20.1 Å². The van der Waals surface area contributed by atoms with Gasteiger partial charge >= 0.3 is 5.97 Å². The number of likely N-dealkylation sites (tertiary alicyclic amines) is 1. The molecule has 3 aliphatic heterocycles. The third-order valence-electron chi connectivity index (χ3n) is 8.85. The van der Waals surface area contributed by atoms with Crippen molar-refractivity contribution >= 4 is 17.8 Å². The molecule has 6 atom stereocenters. The molecule has 8 heteroatoms. The van der Waals surface area contributed by atoms with Gasteiger partial charge in [0.25, 0.3) is 0 Å². The molecule has 8 nitrogen and oxygen atoms in total. The number of amides is 2. The number of hydrogen-bond acceptors (Lipinski definition) is 6. The van der Waals surface area contributed by atoms with E-state index in [1.54, 1.807) is 15.9 Å². The molecule has 2 bridgehead atoms. The van der Waals surface area contributed by atoms with Gasteiger partial charge in [0.05, 0.1) is 18.1 Å². The van der Waals surface area contributed by atoms with Crippen LogP contribution in [0.25, 0.3) is 0 Å². The number of allylic oxidation sites excluding steroid dienone is 1. The largest absolute Gasteiger partial charge is 0.465 e. The standard InChI is InChI=1S/C30H48N2O6/c1-6-9-11-15-20-37-28(36)24-23-26(34)32(18-13-12-14-19-33)25(27(35)31(16-8-3)17-10-7-2)30(23)21-22(4)29(24,5)38-30/h6,8,22-25,33H,1,3,7,9-21H2,2,4-5H3/t22?,23-,24+,25?,29-,30?/m0/s1. The maximum atomic E-state index is 14.2. The van der Waals surface area contributed by atoms with E-state index in [1.165, 1.54) is 0 Å². The zero-order chi connectivity index (χ0) is 27.9. The highest BCUT2D eigenvalue weighted by atomic mass is 16.6. The first-order valence-electron chi connectivity index (χ1n) is 14.5. The molecule has 3 aliphatic rings. The van der Waals surface area contributed by atoms with Crippen molar-refractivity contribution in [3.05, 3.63) is 25.3 Å². The summed E-state index contributed by atoms with van der Waals surface area (Å²) in [5.41, 5.74) is -1.93. The van der Waals surface area contributed by atoms with Gasteiger partial charge < -0.3 is 24.4 Å². The number of fused-ring (bicyclic) bond motifs is 1. The number of aliphatic hydroxyl groups is 1. The van der Waals surface area contributed by atoms with E-state index in [4.69, 9.17) is 9.47 Å². The van der Waals surface area contributed by atoms with Crippen LogP contribution in [-0.4, -0.2) is 82.8 Å². The van der Waals surface area contributed by atoms with Crippen LogP contribution in [0.4, 0.5) is 0 Å². The summed E-state index contributed by atoms with van der Waals surface area (Å²) in [5, 5.41) is 9.23. The summed E-state index contributed by atoms with van der Waals surface area (Å²) >= 11 is 0. The van der Waals surface area contributed by atoms with E-state index in [9.17, 15) is 19.5 Å². The molecule has 1 spiro atoms. The second kappa shape index (κ2) is 13.2. The van der Waals surface area contributed by atoms with Gasteiger partial charge in [-0.2, -0.15) is 0 Å². The minimum absolute atomic E-state index is 0.0157. The first-order chi connectivity index (χ1) is 18.2. The highest BCUT2D eigenvalue weighted by Gasteiger charge is 2.80. The van der Waals surface area contributed by atoms with E-state index in [0.29, 0.717) is 45.5 Å². The molecule has 0 saturated carbocycles. The normalized spacial score (nSPS) is 31.4. The molecule has 2 amide bonds. The van der Waals surface area contributed by atoms with Gasteiger partial charge in [-0.15, -0.1) is 13.2 Å². The Bertz CT molecular complexity index is 877. The van der Waals surface area contributed by atoms with Crippen molar-refractivity contribution in [1.29, 1.82) is 0 Å². The van der Waals surface area contributed by atoms with Gasteiger partial charge in [0.15, 0.2) is 0 Å². The molecular formula is C30H48N2O6. The van der Waals surface area contributed by atoms with Gasteiger partial charge in [0, 0.05) is 26.2 Å². The molecule has 3 fully saturated rings. The Morgan fingerprint density at radius 3 is 2.61 bits per heavy atom. The van der Waals surface area contributed by atoms with Gasteiger partial charge in [-0.1, -0.05) is 32.4 Å². The second-order valence-electron chi connectivity index (χ2n) is 11.4. The molecule has 0 radical (unpaired) electrons. The third kappa shape index (κ3) is 5.57. The van der Waals surface area contributed by atoms with Crippen LogP contribution in [-0.2, 0) is 23.9 Å². The minimum atomic E-state index is -1.06. The summed E-state index contributed by atoms with van der Waals surface area (Å²) in [4.78, 5) is 45.3. The Balaban J connectivity index is 1.95. The molecule has 0 aromatic carbocycles. The monoisotopic (exact) mass is 532 g/mol. The van der Waals surface area contributed by atoms with Crippen molar-refractivity contribution in [2.75, 3.05) is 32.8 Å². The Labute approximate surface area is 228 Å². The van der Waals surface area contributed by atoms with Gasteiger partial charge in [-0.3, -0.25) is 14.4 Å². The SMILES string of the molecule is C=CCCCCOC(=O)[C@H]1[C@H]2C(=O)N(CCCCCO)C(C(=O)N(CC=C)CCCC)C23CC(C)[C@]1(C)O3. The van der Waals surface area contributed by atoms with Crippen LogP contribution in [0.3, 0.4) is 0 Å². The van der Waals surface area contributed by atoms with Crippen LogP contribution < -0.4 is 0 Å². The molecule has 0 aliphatic carbocycles. The summed E-state index contributed by atoms with van der Waals surface area (Å²) in [5.74, 6) is -2.23. The predicted molar refractivity (Wildman–Crippen MR) is 146 cm³/mol. The number of nitrogens with zero attached hydrogens (tertiary/aromatic N) is 2. The first kappa shape index (κ1) is 30.4. The van der Waals surface area contributed by atoms with Crippen molar-refractivity contribution in [3.8, 4) is 0 Å². The van der Waals surface area contributed by atoms with Gasteiger partial charge in [0.2, 0.25) is 11.8 Å². The summed E-state index contributed by atoms with van der Waals surface area (Å²) in [7, 11) is 0. The Morgan fingerprint density at radius 1 is 1.18 bits per heavy atom. The van der Waals surface area contributed by atoms with E-state index in [1.807, 2.05) is 19.9 Å². The van der Waals surface area contributed by atoms with Crippen molar-refractivity contribution in [1.82, 2.24) is 9.80 Å². The lowest BCUT2D eigenvalue weighted by molar-refractivity contribution is -0.162. The lowest BCUT2D eigenvalue weighted by atomic mass is 9.62. The van der Waals surface area contributed by atoms with Crippen LogP contribution in [0.15, 0.2) is 25.3 Å². The molecule has 38 heavy (non-hydrogen) atoms. The number of aliphatic hydroxyl groups excluding tert-OH is 1. The summed E-state index contributed by atoms with van der Waals surface area (Å²) in [6, 6.07) is -0.791. The van der Waals surface area contributed by atoms with Crippen LogP contribution in [0, 0.1) is 17.8 Å². The van der Waals surface area contributed by atoms with E-state index in [-0.39, 0.29) is 24.3 Å². The highest BCUT2D eigenvalue weighted by Crippen LogP contribution is 2.65. The summed E-state index contributed by atoms with van der Waals surface area (Å²) in [6.07, 6.45) is 10.4. The molecule has 0 aromatic rings. The first-order valence-corrected chi connectivity index (χ1v) is 14.5. The third-order valence-corrected chi connectivity index (χ3v) is 8.85. The maximum absolute atomic E-state index is 14.2. The summed E-state index contributed by atoms with van der Waals surface area (Å²) in [6.45, 7) is 15.3. The van der Waals surface area contributed by atoms with Crippen LogP contribution >= 0.6 is 0 Å². The molecule has 3 unspecified atom stereocenters. The topological polar surface area (TPSA) is 96.4 Å². The molecule has 3 rings (SSSR count). The Kier molecular flexibility index (Phi) is 10.6. The minimum Gasteiger partial charge on any atom is -0.465 e. The quantitative estimate of drug-likeness (QED) is 0.174. The molecular weight excluding hydrogens is 484 g/mol. The zero-order valence-electron chi connectivity index (χ0n) is 23.7. The molecule has 3 heterocycles. The van der Waals surface area contributed by atoms with E-state index in [0.717, 1.165) is 38.5 Å². The van der Waals surface area contributed by atoms with Crippen molar-refractivity contribution in [3.63, 3.8) is 0 Å². The number of esters is 1. The number of rotatable bonds is 17. The Hall–Kier alpha value is -2.19. The van der Waals surface area contributed by atoms with Crippen molar-refractivity contribution < 1.29 is 29.0 Å². The maximum Gasteiger partial charge on any atom is 0.312 e. The van der Waals surface area contributed by atoms with Crippen molar-refractivity contribution in [2.45, 2.75) is 95.8 Å². The van der Waals surface area contributed by atoms with Crippen LogP contribution in [0.5, 0.6) is 0 Å². The number of ether oxygens (including phenoxy) is 2. The fraction of sp³-hybridized carbons (Fsp3) is 0.767. The smallest absolute Gasteiger partial charge is 0.312 e.